The lowest BCUT2D eigenvalue weighted by atomic mass is 10.0. The number of benzene rings is 2. The van der Waals surface area contributed by atoms with Crippen LogP contribution in [0.5, 0.6) is 23.0 Å². The highest BCUT2D eigenvalue weighted by Gasteiger charge is 2.47. The maximum atomic E-state index is 14.0. The molecule has 0 saturated heterocycles. The maximum Gasteiger partial charge on any atom is 0.160 e. The number of fused-ring (bicyclic) bond motifs is 1. The lowest BCUT2D eigenvalue weighted by Crippen LogP contribution is -2.23. The summed E-state index contributed by atoms with van der Waals surface area (Å²) < 4.78 is 36.5. The first kappa shape index (κ1) is 18.7. The number of ether oxygens (including phenoxy) is 4. The fraction of sp³-hybridized carbons (Fsp3) is 0.400. The third kappa shape index (κ3) is 2.75. The molecule has 1 aliphatic rings. The third-order valence-corrected chi connectivity index (χ3v) is 8.67. The van der Waals surface area contributed by atoms with Crippen molar-refractivity contribution in [3.05, 3.63) is 30.3 Å². The van der Waals surface area contributed by atoms with Crippen LogP contribution in [0.1, 0.15) is 20.8 Å². The van der Waals surface area contributed by atoms with Crippen molar-refractivity contribution in [2.75, 3.05) is 27.7 Å². The van der Waals surface area contributed by atoms with Gasteiger partial charge in [-0.15, -0.1) is 0 Å². The van der Waals surface area contributed by atoms with Gasteiger partial charge >= 0.3 is 0 Å². The van der Waals surface area contributed by atoms with Crippen molar-refractivity contribution in [3.8, 4) is 34.1 Å². The first-order chi connectivity index (χ1) is 12.3. The summed E-state index contributed by atoms with van der Waals surface area (Å²) >= 11 is 0. The Bertz CT molecular complexity index is 860. The standard InChI is InChI=1S/C20H25O5P/c1-20(2,3)26(21)12-25-17-11-13(22-4)10-14(19(17)26)18-15(23-5)8-7-9-16(18)24-6/h7-11H,12H2,1-6H3/t26-/m1/s1. The minimum Gasteiger partial charge on any atom is -0.497 e. The Balaban J connectivity index is 2.41. The Labute approximate surface area is 154 Å². The van der Waals surface area contributed by atoms with E-state index in [0.717, 1.165) is 16.4 Å². The molecule has 1 atom stereocenters. The molecule has 0 aliphatic carbocycles. The quantitative estimate of drug-likeness (QED) is 0.735. The number of hydrogen-bond acceptors (Lipinski definition) is 5. The van der Waals surface area contributed by atoms with Crippen molar-refractivity contribution >= 4 is 12.4 Å². The fourth-order valence-electron chi connectivity index (χ4n) is 3.24. The Morgan fingerprint density at radius 2 is 1.62 bits per heavy atom. The Morgan fingerprint density at radius 3 is 2.12 bits per heavy atom. The van der Waals surface area contributed by atoms with Crippen LogP contribution >= 0.6 is 7.14 Å². The highest BCUT2D eigenvalue weighted by Crippen LogP contribution is 2.64. The largest absolute Gasteiger partial charge is 0.497 e. The molecule has 2 aromatic carbocycles. The van der Waals surface area contributed by atoms with Crippen LogP contribution in [0.3, 0.4) is 0 Å². The highest BCUT2D eigenvalue weighted by atomic mass is 31.2. The van der Waals surface area contributed by atoms with E-state index in [1.165, 1.54) is 0 Å². The van der Waals surface area contributed by atoms with Gasteiger partial charge in [0, 0.05) is 16.8 Å². The van der Waals surface area contributed by atoms with Gasteiger partial charge < -0.3 is 23.5 Å². The monoisotopic (exact) mass is 376 g/mol. The molecule has 5 nitrogen and oxygen atoms in total. The molecule has 0 radical (unpaired) electrons. The van der Waals surface area contributed by atoms with Crippen LogP contribution in [0.25, 0.3) is 11.1 Å². The molecule has 3 rings (SSSR count). The van der Waals surface area contributed by atoms with Crippen molar-refractivity contribution in [2.45, 2.75) is 25.9 Å². The van der Waals surface area contributed by atoms with Gasteiger partial charge in [-0.3, -0.25) is 0 Å². The van der Waals surface area contributed by atoms with Crippen LogP contribution in [0.15, 0.2) is 30.3 Å². The topological polar surface area (TPSA) is 54.0 Å². The molecule has 6 heteroatoms. The van der Waals surface area contributed by atoms with E-state index in [2.05, 4.69) is 0 Å². The molecule has 1 heterocycles. The van der Waals surface area contributed by atoms with Crippen molar-refractivity contribution in [2.24, 2.45) is 0 Å². The zero-order chi connectivity index (χ0) is 19.1. The van der Waals surface area contributed by atoms with E-state index in [1.807, 2.05) is 45.0 Å². The Morgan fingerprint density at radius 1 is 1.00 bits per heavy atom. The van der Waals surface area contributed by atoms with Gasteiger partial charge in [-0.25, -0.2) is 0 Å². The molecule has 1 aliphatic heterocycles. The Kier molecular flexibility index (Phi) is 4.70. The smallest absolute Gasteiger partial charge is 0.160 e. The molecular weight excluding hydrogens is 351 g/mol. The van der Waals surface area contributed by atoms with Gasteiger partial charge in [0.25, 0.3) is 0 Å². The molecule has 2 aromatic rings. The molecule has 0 saturated carbocycles. The normalized spacial score (nSPS) is 18.8. The third-order valence-electron chi connectivity index (χ3n) is 4.83. The van der Waals surface area contributed by atoms with Gasteiger partial charge in [-0.2, -0.15) is 0 Å². The molecule has 140 valence electrons. The Hall–Kier alpha value is -2.13. The summed E-state index contributed by atoms with van der Waals surface area (Å²) in [4.78, 5) is 0. The average Bonchev–Trinajstić information content (AvgIpc) is 2.98. The highest BCUT2D eigenvalue weighted by molar-refractivity contribution is 7.73. The first-order valence-corrected chi connectivity index (χ1v) is 10.3. The molecule has 0 N–H and O–H groups in total. The second-order valence-corrected chi connectivity index (χ2v) is 10.8. The minimum absolute atomic E-state index is 0.184. The van der Waals surface area contributed by atoms with Gasteiger partial charge in [-0.1, -0.05) is 26.8 Å². The fourth-order valence-corrected chi connectivity index (χ4v) is 5.80. The second-order valence-electron chi connectivity index (χ2n) is 7.24. The van der Waals surface area contributed by atoms with E-state index in [-0.39, 0.29) is 6.35 Å². The van der Waals surface area contributed by atoms with Gasteiger partial charge in [0.2, 0.25) is 0 Å². The van der Waals surface area contributed by atoms with Crippen molar-refractivity contribution in [1.82, 2.24) is 0 Å². The predicted octanol–water partition coefficient (Wildman–Crippen LogP) is 4.52. The minimum atomic E-state index is -2.83. The molecule has 0 fully saturated rings. The lowest BCUT2D eigenvalue weighted by molar-refractivity contribution is 0.380. The molecule has 0 spiro atoms. The van der Waals surface area contributed by atoms with Gasteiger partial charge in [-0.05, 0) is 18.2 Å². The molecule has 0 bridgehead atoms. The molecule has 26 heavy (non-hydrogen) atoms. The number of methoxy groups -OCH3 is 3. The van der Waals surface area contributed by atoms with Crippen molar-refractivity contribution < 1.29 is 23.5 Å². The maximum absolute atomic E-state index is 14.0. The summed E-state index contributed by atoms with van der Waals surface area (Å²) in [7, 11) is 1.99. The van der Waals surface area contributed by atoms with Crippen LogP contribution in [0, 0.1) is 0 Å². The zero-order valence-electron chi connectivity index (χ0n) is 16.1. The van der Waals surface area contributed by atoms with Gasteiger partial charge in [0.1, 0.15) is 29.3 Å². The molecule has 0 aromatic heterocycles. The summed E-state index contributed by atoms with van der Waals surface area (Å²) in [5.41, 5.74) is 1.52. The van der Waals surface area contributed by atoms with Crippen LogP contribution in [-0.4, -0.2) is 32.8 Å². The molecular formula is C20H25O5P. The van der Waals surface area contributed by atoms with Crippen LogP contribution in [-0.2, 0) is 4.57 Å². The van der Waals surface area contributed by atoms with Gasteiger partial charge in [0.05, 0.1) is 32.2 Å². The molecule has 0 unspecified atom stereocenters. The van der Waals surface area contributed by atoms with Gasteiger partial charge in [0.15, 0.2) is 7.14 Å². The molecule has 0 amide bonds. The van der Waals surface area contributed by atoms with Crippen LogP contribution in [0.4, 0.5) is 0 Å². The SMILES string of the molecule is COc1cc2c(c(-c3c(OC)cccc3OC)c1)[P@@](=O)(C(C)(C)C)CO2. The van der Waals surface area contributed by atoms with E-state index < -0.39 is 12.3 Å². The summed E-state index contributed by atoms with van der Waals surface area (Å²) in [5, 5.41) is 0.296. The van der Waals surface area contributed by atoms with Crippen molar-refractivity contribution in [1.29, 1.82) is 0 Å². The zero-order valence-corrected chi connectivity index (χ0v) is 17.0. The lowest BCUT2D eigenvalue weighted by Gasteiger charge is -2.28. The second kappa shape index (κ2) is 6.55. The number of hydrogen-bond donors (Lipinski definition) is 0. The van der Waals surface area contributed by atoms with Crippen LogP contribution in [0.2, 0.25) is 0 Å². The number of rotatable bonds is 4. The first-order valence-electron chi connectivity index (χ1n) is 8.42. The predicted molar refractivity (Wildman–Crippen MR) is 104 cm³/mol. The summed E-state index contributed by atoms with van der Waals surface area (Å²) in [5.74, 6) is 2.53. The summed E-state index contributed by atoms with van der Waals surface area (Å²) in [6, 6.07) is 9.27. The summed E-state index contributed by atoms with van der Waals surface area (Å²) in [6.07, 6.45) is 0.184. The van der Waals surface area contributed by atoms with Crippen LogP contribution < -0.4 is 24.3 Å². The average molecular weight is 376 g/mol. The van der Waals surface area contributed by atoms with E-state index in [9.17, 15) is 4.57 Å². The van der Waals surface area contributed by atoms with E-state index in [4.69, 9.17) is 18.9 Å². The van der Waals surface area contributed by atoms with E-state index >= 15 is 0 Å². The van der Waals surface area contributed by atoms with E-state index in [0.29, 0.717) is 23.0 Å². The summed E-state index contributed by atoms with van der Waals surface area (Å²) in [6.45, 7) is 5.96. The van der Waals surface area contributed by atoms with E-state index in [1.54, 1.807) is 27.4 Å². The van der Waals surface area contributed by atoms with Crippen molar-refractivity contribution in [3.63, 3.8) is 0 Å².